The Bertz CT molecular complexity index is 2230. The summed E-state index contributed by atoms with van der Waals surface area (Å²) >= 11 is 6.70. The zero-order valence-electron chi connectivity index (χ0n) is 33.6. The number of nitrogens with one attached hydrogen (secondary N) is 2. The maximum Gasteiger partial charge on any atom is 0.353 e. The number of benzene rings is 4. The highest BCUT2D eigenvalue weighted by molar-refractivity contribution is 7.96. The summed E-state index contributed by atoms with van der Waals surface area (Å²) < 4.78 is 6.81. The van der Waals surface area contributed by atoms with Crippen molar-refractivity contribution in [3.8, 4) is 0 Å². The van der Waals surface area contributed by atoms with Gasteiger partial charge in [0.1, 0.15) is 5.42 Å². The summed E-state index contributed by atoms with van der Waals surface area (Å²) in [6.07, 6.45) is 2.36. The number of likely N-dealkylation sites (tertiary alicyclic amines) is 1. The summed E-state index contributed by atoms with van der Waals surface area (Å²) in [7, 11) is -2.42. The summed E-state index contributed by atoms with van der Waals surface area (Å²) in [5, 5.41) is 16.7. The van der Waals surface area contributed by atoms with Gasteiger partial charge >= 0.3 is 5.97 Å². The number of aliphatic carboxylic acids is 1. The predicted molar refractivity (Wildman–Crippen MR) is 234 cm³/mol. The molecule has 0 spiro atoms. The maximum atomic E-state index is 14.9. The van der Waals surface area contributed by atoms with E-state index in [4.69, 9.17) is 16.0 Å². The number of carboxylic acids is 1. The van der Waals surface area contributed by atoms with Crippen LogP contribution in [0.25, 0.3) is 0 Å². The summed E-state index contributed by atoms with van der Waals surface area (Å²) in [6.45, 7) is 9.41. The first-order valence-corrected chi connectivity index (χ1v) is 24.4. The molecule has 1 aliphatic heterocycles. The number of hydrogen-bond acceptors (Lipinski definition) is 6. The number of carboxylic acid groups (broad SMARTS) is 1. The third-order valence-electron chi connectivity index (χ3n) is 11.4. The van der Waals surface area contributed by atoms with Crippen LogP contribution in [0.3, 0.4) is 0 Å². The van der Waals surface area contributed by atoms with Crippen molar-refractivity contribution in [1.82, 2.24) is 20.2 Å². The lowest BCUT2D eigenvalue weighted by Gasteiger charge is -2.52. The van der Waals surface area contributed by atoms with Gasteiger partial charge in [-0.05, 0) is 52.6 Å². The van der Waals surface area contributed by atoms with E-state index in [-0.39, 0.29) is 52.1 Å². The monoisotopic (exact) mass is 836 g/mol. The molecule has 4 aromatic carbocycles. The molecule has 5 aromatic rings. The number of amides is 2. The lowest BCUT2D eigenvalue weighted by atomic mass is 9.79. The van der Waals surface area contributed by atoms with Crippen molar-refractivity contribution in [2.45, 2.75) is 77.4 Å². The molecule has 0 radical (unpaired) electrons. The van der Waals surface area contributed by atoms with Crippen molar-refractivity contribution in [2.24, 2.45) is 5.92 Å². The van der Waals surface area contributed by atoms with Crippen molar-refractivity contribution < 1.29 is 28.7 Å². The van der Waals surface area contributed by atoms with Crippen LogP contribution >= 0.6 is 18.5 Å². The van der Waals surface area contributed by atoms with E-state index in [9.17, 15) is 24.3 Å². The largest absolute Gasteiger partial charge is 0.477 e. The topological polar surface area (TPSA) is 142 Å². The van der Waals surface area contributed by atoms with Crippen LogP contribution in [0, 0.1) is 5.92 Å². The van der Waals surface area contributed by atoms with Gasteiger partial charge in [0.05, 0.1) is 43.1 Å². The van der Waals surface area contributed by atoms with E-state index in [1.54, 1.807) is 18.3 Å². The molecule has 0 aliphatic carbocycles. The number of aromatic nitrogens is 2. The van der Waals surface area contributed by atoms with E-state index in [1.165, 1.54) is 17.3 Å². The smallest absolute Gasteiger partial charge is 0.353 e. The summed E-state index contributed by atoms with van der Waals surface area (Å²) in [5.41, 5.74) is 1.52. The van der Waals surface area contributed by atoms with Gasteiger partial charge in [-0.15, -0.1) is 0 Å². The summed E-state index contributed by atoms with van der Waals surface area (Å²) in [6, 6.07) is 32.4. The Kier molecular flexibility index (Phi) is 12.8. The van der Waals surface area contributed by atoms with Gasteiger partial charge in [-0.1, -0.05) is 136 Å². The van der Waals surface area contributed by atoms with Gasteiger partial charge in [0, 0.05) is 30.1 Å². The molecule has 13 heteroatoms. The molecule has 2 amide bonds. The molecule has 1 aromatic heterocycles. The molecule has 0 unspecified atom stereocenters. The first-order valence-electron chi connectivity index (χ1n) is 19.3. The van der Waals surface area contributed by atoms with E-state index in [2.05, 4.69) is 49.1 Å². The average Bonchev–Trinajstić information content (AvgIpc) is 3.72. The zero-order chi connectivity index (χ0) is 41.8. The van der Waals surface area contributed by atoms with Gasteiger partial charge in [-0.3, -0.25) is 14.4 Å². The van der Waals surface area contributed by atoms with Crippen molar-refractivity contribution in [3.05, 3.63) is 144 Å². The Balaban J connectivity index is 1.46. The van der Waals surface area contributed by atoms with Gasteiger partial charge in [0.15, 0.2) is 14.1 Å². The highest BCUT2D eigenvalue weighted by Crippen LogP contribution is 2.50. The molecule has 6 rings (SSSR count). The van der Waals surface area contributed by atoms with E-state index in [1.807, 2.05) is 97.9 Å². The van der Waals surface area contributed by atoms with E-state index < -0.39 is 45.1 Å². The second-order valence-corrected chi connectivity index (χ2v) is 24.6. The van der Waals surface area contributed by atoms with Crippen molar-refractivity contribution in [2.75, 3.05) is 0 Å². The molecular formula is C45H50ClN4O6PSi. The van der Waals surface area contributed by atoms with Crippen molar-refractivity contribution >= 4 is 71.7 Å². The van der Waals surface area contributed by atoms with Gasteiger partial charge < -0.3 is 24.7 Å². The molecule has 1 fully saturated rings. The summed E-state index contributed by atoms with van der Waals surface area (Å²) in [4.78, 5) is 64.4. The Morgan fingerprint density at radius 3 is 1.95 bits per heavy atom. The third kappa shape index (κ3) is 8.54. The van der Waals surface area contributed by atoms with Gasteiger partial charge in [-0.2, -0.15) is 0 Å². The minimum Gasteiger partial charge on any atom is -0.477 e. The molecule has 1 saturated heterocycles. The first kappa shape index (κ1) is 42.5. The molecule has 0 bridgehead atoms. The fourth-order valence-electron chi connectivity index (χ4n) is 7.43. The van der Waals surface area contributed by atoms with Gasteiger partial charge in [-0.25, -0.2) is 9.78 Å². The SMILES string of the molecule is C[C@@H](O[Si](C)(C)C(C)(C)C)[C@H]1C(=O)N(C(C(=O)O)=P(c2ccccc2)(c2ccccc2)c2ccccc2)[C@@H]1CC(=O)c1ccc(CC(=O)NCc2cnc[nH]2)c(Cl)c1. The third-order valence-corrected chi connectivity index (χ3v) is 20.6. The number of H-pyrrole nitrogens is 1. The van der Waals surface area contributed by atoms with E-state index in [0.29, 0.717) is 5.56 Å². The number of ketones is 1. The number of imidazole rings is 1. The van der Waals surface area contributed by atoms with Crippen LogP contribution in [0.1, 0.15) is 55.7 Å². The average molecular weight is 837 g/mol. The molecule has 1 aliphatic rings. The first-order chi connectivity index (χ1) is 27.6. The van der Waals surface area contributed by atoms with Crippen molar-refractivity contribution in [1.29, 1.82) is 0 Å². The van der Waals surface area contributed by atoms with E-state index >= 15 is 0 Å². The fraction of sp³-hybridized carbons (Fsp3) is 0.289. The maximum absolute atomic E-state index is 14.9. The van der Waals surface area contributed by atoms with Gasteiger partial charge in [0.25, 0.3) is 0 Å². The van der Waals surface area contributed by atoms with Crippen LogP contribution in [-0.2, 0) is 31.8 Å². The number of β-lactam (4-membered cyclic amide) rings is 1. The Hall–Kier alpha value is -5.06. The van der Waals surface area contributed by atoms with Crippen LogP contribution in [0.5, 0.6) is 0 Å². The number of carbonyl (C=O) groups is 4. The molecule has 3 atom stereocenters. The normalized spacial score (nSPS) is 16.3. The quantitative estimate of drug-likeness (QED) is 0.0449. The number of halogens is 1. The van der Waals surface area contributed by atoms with E-state index in [0.717, 1.165) is 21.6 Å². The lowest BCUT2D eigenvalue weighted by molar-refractivity contribution is -0.155. The summed E-state index contributed by atoms with van der Waals surface area (Å²) in [5.74, 6) is -3.02. The highest BCUT2D eigenvalue weighted by Gasteiger charge is 2.57. The second kappa shape index (κ2) is 17.4. The molecule has 10 nitrogen and oxygen atoms in total. The minimum absolute atomic E-state index is 0.00208. The predicted octanol–water partition coefficient (Wildman–Crippen LogP) is 6.94. The number of aromatic amines is 1. The molecule has 0 saturated carbocycles. The van der Waals surface area contributed by atoms with Crippen LogP contribution in [0.2, 0.25) is 23.2 Å². The second-order valence-electron chi connectivity index (χ2n) is 16.2. The minimum atomic E-state index is -3.29. The lowest BCUT2D eigenvalue weighted by Crippen LogP contribution is -2.69. The standard InChI is InChI=1S/C45H50ClN4O6PSi/c1-30(56-58(5,6)45(2,3)4)41-38(26-39(51)32-23-22-31(37(46)24-32)25-40(52)48-28-33-27-47-29-49-33)50(42(41)53)43(44(54)55)57(34-16-10-7-11-17-34,35-18-12-8-13-19-35)36-20-14-9-15-21-36/h7-24,27,29-30,38,41H,25-26,28H2,1-6H3,(H,47,49)(H,48,52)(H,54,55)/t30-,38-,41-/m1/s1. The highest BCUT2D eigenvalue weighted by atomic mass is 35.5. The van der Waals surface area contributed by atoms with Crippen LogP contribution in [-0.4, -0.2) is 69.4 Å². The van der Waals surface area contributed by atoms with Gasteiger partial charge in [0.2, 0.25) is 11.8 Å². The zero-order valence-corrected chi connectivity index (χ0v) is 36.3. The van der Waals surface area contributed by atoms with Crippen molar-refractivity contribution in [3.63, 3.8) is 0 Å². The molecule has 2 heterocycles. The molecule has 58 heavy (non-hydrogen) atoms. The molecular weight excluding hydrogens is 787 g/mol. The van der Waals surface area contributed by atoms with Crippen LogP contribution in [0.15, 0.2) is 122 Å². The number of nitrogens with zero attached hydrogens (tertiary/aromatic N) is 2. The Morgan fingerprint density at radius 2 is 1.48 bits per heavy atom. The van der Waals surface area contributed by atoms with Crippen LogP contribution in [0.4, 0.5) is 0 Å². The molecule has 3 N–H and O–H groups in total. The Morgan fingerprint density at radius 1 is 0.931 bits per heavy atom. The number of carbonyl (C=O) groups excluding carboxylic acids is 3. The number of rotatable bonds is 15. The fourth-order valence-corrected chi connectivity index (χ4v) is 13.5. The van der Waals surface area contributed by atoms with Crippen LogP contribution < -0.4 is 21.2 Å². The number of Topliss-reactive ketones (excluding diaryl/α,β-unsaturated/α-hetero) is 1. The number of hydrogen-bond donors (Lipinski definition) is 3. The molecule has 302 valence electrons. The Labute approximate surface area is 346 Å².